The summed E-state index contributed by atoms with van der Waals surface area (Å²) in [6, 6.07) is 6.29. The van der Waals surface area contributed by atoms with E-state index in [1.807, 2.05) is 6.07 Å². The summed E-state index contributed by atoms with van der Waals surface area (Å²) in [5.41, 5.74) is 3.37. The van der Waals surface area contributed by atoms with Gasteiger partial charge in [-0.3, -0.25) is 9.47 Å². The molecular weight excluding hydrogens is 459 g/mol. The van der Waals surface area contributed by atoms with Gasteiger partial charge < -0.3 is 10.4 Å². The van der Waals surface area contributed by atoms with Crippen LogP contribution in [0.2, 0.25) is 5.02 Å². The van der Waals surface area contributed by atoms with Crippen molar-refractivity contribution in [1.29, 1.82) is 0 Å². The van der Waals surface area contributed by atoms with Gasteiger partial charge in [0.1, 0.15) is 5.82 Å². The van der Waals surface area contributed by atoms with Gasteiger partial charge in [-0.2, -0.15) is 13.2 Å². The zero-order chi connectivity index (χ0) is 23.6. The number of carboxylic acid groups (broad SMARTS) is 1. The molecule has 1 aromatic carbocycles. The van der Waals surface area contributed by atoms with Gasteiger partial charge in [0.2, 0.25) is 0 Å². The second-order valence-electron chi connectivity index (χ2n) is 9.95. The fraction of sp³-hybridized carbons (Fsp3) is 0.591. The zero-order valence-corrected chi connectivity index (χ0v) is 18.9. The molecule has 4 aliphatic rings. The third kappa shape index (κ3) is 4.13. The number of benzene rings is 1. The Labute approximate surface area is 193 Å². The highest BCUT2D eigenvalue weighted by atomic mass is 35.5. The fourth-order valence-corrected chi connectivity index (χ4v) is 5.30. The van der Waals surface area contributed by atoms with Gasteiger partial charge in [-0.1, -0.05) is 11.6 Å². The molecule has 3 fully saturated rings. The predicted molar refractivity (Wildman–Crippen MR) is 114 cm³/mol. The average molecular weight is 484 g/mol. The molecule has 0 amide bonds. The number of aliphatic carboxylic acids is 1. The highest BCUT2D eigenvalue weighted by Crippen LogP contribution is 2.53. The van der Waals surface area contributed by atoms with Crippen LogP contribution >= 0.6 is 11.6 Å². The number of hydrogen-bond acceptors (Lipinski definition) is 5. The van der Waals surface area contributed by atoms with Crippen molar-refractivity contribution in [3.8, 4) is 5.69 Å². The van der Waals surface area contributed by atoms with Crippen molar-refractivity contribution < 1.29 is 23.1 Å². The first-order valence-electron chi connectivity index (χ1n) is 11.0. The number of alkyl halides is 3. The van der Waals surface area contributed by atoms with Crippen LogP contribution in [-0.4, -0.2) is 55.5 Å². The Balaban J connectivity index is 0.000000287. The molecule has 2 N–H and O–H groups in total. The van der Waals surface area contributed by atoms with Crippen LogP contribution in [0, 0.1) is 5.41 Å². The minimum absolute atomic E-state index is 0.305. The molecular formula is C22H25ClF3N5O2. The maximum absolute atomic E-state index is 10.6. The summed E-state index contributed by atoms with van der Waals surface area (Å²) in [4.78, 5) is 11.5. The Morgan fingerprint density at radius 1 is 1.21 bits per heavy atom. The van der Waals surface area contributed by atoms with E-state index in [1.165, 1.54) is 50.0 Å². The molecule has 2 saturated carbocycles. The maximum Gasteiger partial charge on any atom is 0.490 e. The van der Waals surface area contributed by atoms with Crippen molar-refractivity contribution >= 4 is 17.6 Å². The lowest BCUT2D eigenvalue weighted by molar-refractivity contribution is -0.192. The summed E-state index contributed by atoms with van der Waals surface area (Å²) in [6.45, 7) is 6.51. The number of carboxylic acids is 1. The Morgan fingerprint density at radius 2 is 1.88 bits per heavy atom. The van der Waals surface area contributed by atoms with E-state index in [9.17, 15) is 13.2 Å². The Bertz CT molecular complexity index is 1090. The molecule has 33 heavy (non-hydrogen) atoms. The van der Waals surface area contributed by atoms with E-state index >= 15 is 0 Å². The number of nitrogens with zero attached hydrogens (tertiary/aromatic N) is 4. The largest absolute Gasteiger partial charge is 0.490 e. The van der Waals surface area contributed by atoms with E-state index in [0.29, 0.717) is 16.9 Å². The van der Waals surface area contributed by atoms with Crippen molar-refractivity contribution in [3.63, 3.8) is 0 Å². The molecule has 0 bridgehead atoms. The van der Waals surface area contributed by atoms with E-state index in [2.05, 4.69) is 44.0 Å². The first-order chi connectivity index (χ1) is 15.5. The molecule has 178 valence electrons. The van der Waals surface area contributed by atoms with Gasteiger partial charge in [-0.25, -0.2) is 4.79 Å². The SMILES string of the molecule is CC1(N2Cc3cc(Cl)ccc3-n3c(nnc3C3CC4(CNC4)C3)C2)CC1.O=C(O)C(F)(F)F. The lowest BCUT2D eigenvalue weighted by Gasteiger charge is -2.54. The van der Waals surface area contributed by atoms with Gasteiger partial charge in [0.25, 0.3) is 0 Å². The molecule has 2 aromatic rings. The molecule has 2 aliphatic heterocycles. The number of rotatable bonds is 2. The lowest BCUT2D eigenvalue weighted by atomic mass is 9.58. The van der Waals surface area contributed by atoms with E-state index in [4.69, 9.17) is 21.5 Å². The van der Waals surface area contributed by atoms with Gasteiger partial charge >= 0.3 is 12.1 Å². The molecule has 0 atom stereocenters. The Morgan fingerprint density at radius 3 is 2.42 bits per heavy atom. The predicted octanol–water partition coefficient (Wildman–Crippen LogP) is 3.89. The smallest absolute Gasteiger partial charge is 0.475 e. The average Bonchev–Trinajstić information content (AvgIpc) is 3.33. The topological polar surface area (TPSA) is 83.3 Å². The monoisotopic (exact) mass is 483 g/mol. The van der Waals surface area contributed by atoms with Crippen molar-refractivity contribution in [2.24, 2.45) is 5.41 Å². The van der Waals surface area contributed by atoms with Crippen LogP contribution in [0.25, 0.3) is 5.69 Å². The van der Waals surface area contributed by atoms with E-state index in [1.54, 1.807) is 0 Å². The summed E-state index contributed by atoms with van der Waals surface area (Å²) in [5, 5.41) is 20.7. The molecule has 11 heteroatoms. The lowest BCUT2D eigenvalue weighted by Crippen LogP contribution is -2.59. The number of carbonyl (C=O) groups is 1. The summed E-state index contributed by atoms with van der Waals surface area (Å²) < 4.78 is 34.1. The molecule has 6 rings (SSSR count). The van der Waals surface area contributed by atoms with Gasteiger partial charge in [0, 0.05) is 36.1 Å². The van der Waals surface area contributed by atoms with Gasteiger partial charge in [0.15, 0.2) is 5.82 Å². The molecule has 1 saturated heterocycles. The van der Waals surface area contributed by atoms with Crippen LogP contribution in [0.5, 0.6) is 0 Å². The Hall–Kier alpha value is -2.17. The summed E-state index contributed by atoms with van der Waals surface area (Å²) in [6.07, 6.45) is -0.0744. The van der Waals surface area contributed by atoms with Gasteiger partial charge in [0.05, 0.1) is 12.2 Å². The van der Waals surface area contributed by atoms with Crippen molar-refractivity contribution in [3.05, 3.63) is 40.4 Å². The van der Waals surface area contributed by atoms with Crippen LogP contribution in [0.4, 0.5) is 13.2 Å². The van der Waals surface area contributed by atoms with Crippen LogP contribution < -0.4 is 5.32 Å². The second kappa shape index (κ2) is 7.68. The highest BCUT2D eigenvalue weighted by molar-refractivity contribution is 6.30. The summed E-state index contributed by atoms with van der Waals surface area (Å²) in [5.74, 6) is 0.0169. The van der Waals surface area contributed by atoms with E-state index in [-0.39, 0.29) is 0 Å². The number of fused-ring (bicyclic) bond motifs is 3. The molecule has 0 radical (unpaired) electrons. The van der Waals surface area contributed by atoms with Gasteiger partial charge in [-0.15, -0.1) is 10.2 Å². The maximum atomic E-state index is 10.6. The first-order valence-corrected chi connectivity index (χ1v) is 11.4. The van der Waals surface area contributed by atoms with Gasteiger partial charge in [-0.05, 0) is 61.8 Å². The molecule has 1 aromatic heterocycles. The third-order valence-corrected chi connectivity index (χ3v) is 7.67. The van der Waals surface area contributed by atoms with Crippen molar-refractivity contribution in [2.75, 3.05) is 13.1 Å². The number of hydrogen-bond donors (Lipinski definition) is 2. The van der Waals surface area contributed by atoms with Crippen LogP contribution in [-0.2, 0) is 17.9 Å². The fourth-order valence-electron chi connectivity index (χ4n) is 5.10. The standard InChI is InChI=1S/C20H24ClN5.C2HF3O2/c1-19(4-5-19)25-9-13-6-15(21)2-3-16(13)26-17(10-25)23-24-18(26)14-7-20(8-14)11-22-12-20;3-2(4,5)1(6)7/h2-3,6,14,22H,4-5,7-12H2,1H3;(H,6,7). The van der Waals surface area contributed by atoms with Crippen LogP contribution in [0.1, 0.15) is 55.7 Å². The van der Waals surface area contributed by atoms with Crippen LogP contribution in [0.15, 0.2) is 18.2 Å². The molecule has 1 spiro atoms. The van der Waals surface area contributed by atoms with Crippen LogP contribution in [0.3, 0.4) is 0 Å². The number of nitrogens with one attached hydrogen (secondary N) is 1. The highest BCUT2D eigenvalue weighted by Gasteiger charge is 2.51. The molecule has 0 unspecified atom stereocenters. The molecule has 7 nitrogen and oxygen atoms in total. The summed E-state index contributed by atoms with van der Waals surface area (Å²) in [7, 11) is 0. The summed E-state index contributed by atoms with van der Waals surface area (Å²) >= 11 is 6.35. The Kier molecular flexibility index (Phi) is 5.26. The minimum Gasteiger partial charge on any atom is -0.475 e. The van der Waals surface area contributed by atoms with Crippen molar-refractivity contribution in [1.82, 2.24) is 25.0 Å². The molecule has 2 aliphatic carbocycles. The number of aromatic nitrogens is 3. The first kappa shape index (κ1) is 22.6. The minimum atomic E-state index is -5.08. The van der Waals surface area contributed by atoms with E-state index in [0.717, 1.165) is 29.8 Å². The van der Waals surface area contributed by atoms with Crippen molar-refractivity contribution in [2.45, 2.75) is 63.3 Å². The second-order valence-corrected chi connectivity index (χ2v) is 10.4. The molecule has 3 heterocycles. The normalized spacial score (nSPS) is 22.7. The quantitative estimate of drug-likeness (QED) is 0.674. The zero-order valence-electron chi connectivity index (χ0n) is 18.1. The third-order valence-electron chi connectivity index (χ3n) is 7.43. The van der Waals surface area contributed by atoms with E-state index < -0.39 is 12.1 Å². The number of halogens is 4.